The Bertz CT molecular complexity index is 1740. The topological polar surface area (TPSA) is 174 Å². The minimum atomic E-state index is -1.33. The number of hydrogen-bond acceptors (Lipinski definition) is 10. The predicted octanol–water partition coefficient (Wildman–Crippen LogP) is 4.85. The molecule has 0 saturated carbocycles. The lowest BCUT2D eigenvalue weighted by Crippen LogP contribution is -2.32. The molecule has 1 aliphatic rings. The number of ketones is 2. The van der Waals surface area contributed by atoms with E-state index in [-0.39, 0.29) is 56.4 Å². The van der Waals surface area contributed by atoms with Gasteiger partial charge in [0.25, 0.3) is 0 Å². The molecule has 10 heteroatoms. The van der Waals surface area contributed by atoms with E-state index in [4.69, 9.17) is 9.47 Å². The summed E-state index contributed by atoms with van der Waals surface area (Å²) in [5.74, 6) is -6.43. The molecule has 0 amide bonds. The average molecular weight is 571 g/mol. The third-order valence-corrected chi connectivity index (χ3v) is 7.31. The highest BCUT2D eigenvalue weighted by Gasteiger charge is 2.45. The molecule has 1 aliphatic carbocycles. The SMILES string of the molecule is COc1c([C@H]2c3c(cc(O)c(O)c3OC)C=C(C(=O)c3ccc(O)cc3)[C@H]2C(=O)c2ccc(O)cc2)ccc(O)c1O. The molecular formula is C32H26O10. The van der Waals surface area contributed by atoms with Crippen molar-refractivity contribution in [2.75, 3.05) is 14.2 Å². The highest BCUT2D eigenvalue weighted by molar-refractivity contribution is 6.18. The van der Waals surface area contributed by atoms with Gasteiger partial charge in [0.2, 0.25) is 11.5 Å². The van der Waals surface area contributed by atoms with Crippen molar-refractivity contribution in [2.24, 2.45) is 5.92 Å². The van der Waals surface area contributed by atoms with Crippen molar-refractivity contribution in [3.8, 4) is 46.0 Å². The maximum absolute atomic E-state index is 14.4. The number of benzene rings is 4. The third-order valence-electron chi connectivity index (χ3n) is 7.31. The van der Waals surface area contributed by atoms with Crippen LogP contribution in [0.2, 0.25) is 0 Å². The Kier molecular flexibility index (Phi) is 7.13. The van der Waals surface area contributed by atoms with E-state index in [1.54, 1.807) is 0 Å². The van der Waals surface area contributed by atoms with E-state index >= 15 is 0 Å². The number of hydrogen-bond donors (Lipinski definition) is 6. The number of rotatable bonds is 7. The minimum absolute atomic E-state index is 0.0157. The normalized spacial score (nSPS) is 15.8. The van der Waals surface area contributed by atoms with E-state index in [1.807, 2.05) is 0 Å². The number of aromatic hydroxyl groups is 6. The van der Waals surface area contributed by atoms with E-state index < -0.39 is 46.4 Å². The molecule has 0 saturated heterocycles. The van der Waals surface area contributed by atoms with Gasteiger partial charge in [-0.3, -0.25) is 9.59 Å². The van der Waals surface area contributed by atoms with Crippen LogP contribution in [-0.4, -0.2) is 56.4 Å². The smallest absolute Gasteiger partial charge is 0.200 e. The van der Waals surface area contributed by atoms with E-state index in [2.05, 4.69) is 0 Å². The molecular weight excluding hydrogens is 544 g/mol. The second kappa shape index (κ2) is 10.7. The quantitative estimate of drug-likeness (QED) is 0.133. The number of allylic oxidation sites excluding steroid dienone is 1. The number of Topliss-reactive ketones (excluding diaryl/α,β-unsaturated/α-hetero) is 2. The van der Waals surface area contributed by atoms with Gasteiger partial charge in [-0.25, -0.2) is 0 Å². The molecule has 0 spiro atoms. The highest BCUT2D eigenvalue weighted by Crippen LogP contribution is 2.56. The summed E-state index contributed by atoms with van der Waals surface area (Å²) in [4.78, 5) is 28.5. The summed E-state index contributed by atoms with van der Waals surface area (Å²) in [5, 5.41) is 61.8. The first-order chi connectivity index (χ1) is 20.1. The van der Waals surface area contributed by atoms with Gasteiger partial charge in [-0.05, 0) is 72.3 Å². The van der Waals surface area contributed by atoms with Crippen LogP contribution in [0.5, 0.6) is 46.0 Å². The highest BCUT2D eigenvalue weighted by atomic mass is 16.5. The van der Waals surface area contributed by atoms with Crippen LogP contribution < -0.4 is 9.47 Å². The maximum Gasteiger partial charge on any atom is 0.200 e. The summed E-state index contributed by atoms with van der Waals surface area (Å²) in [6.07, 6.45) is 1.42. The van der Waals surface area contributed by atoms with Gasteiger partial charge in [-0.1, -0.05) is 6.07 Å². The van der Waals surface area contributed by atoms with Gasteiger partial charge >= 0.3 is 0 Å². The zero-order chi connectivity index (χ0) is 30.3. The van der Waals surface area contributed by atoms with E-state index in [0.29, 0.717) is 0 Å². The molecule has 2 atom stereocenters. The van der Waals surface area contributed by atoms with Crippen molar-refractivity contribution in [3.05, 3.63) is 100 Å². The van der Waals surface area contributed by atoms with Crippen LogP contribution in [0.4, 0.5) is 0 Å². The van der Waals surface area contributed by atoms with Gasteiger partial charge < -0.3 is 40.1 Å². The number of carbonyl (C=O) groups excluding carboxylic acids is 2. The molecule has 42 heavy (non-hydrogen) atoms. The van der Waals surface area contributed by atoms with E-state index in [9.17, 15) is 40.2 Å². The molecule has 0 aliphatic heterocycles. The van der Waals surface area contributed by atoms with Crippen molar-refractivity contribution in [1.82, 2.24) is 0 Å². The Hall–Kier alpha value is -5.64. The number of phenols is 6. The number of phenolic OH excluding ortho intramolecular Hbond substituents is 6. The monoisotopic (exact) mass is 570 g/mol. The molecule has 0 unspecified atom stereocenters. The Morgan fingerprint density at radius 3 is 1.79 bits per heavy atom. The Morgan fingerprint density at radius 2 is 1.21 bits per heavy atom. The lowest BCUT2D eigenvalue weighted by atomic mass is 9.66. The van der Waals surface area contributed by atoms with Gasteiger partial charge in [-0.2, -0.15) is 0 Å². The van der Waals surface area contributed by atoms with Crippen molar-refractivity contribution in [2.45, 2.75) is 5.92 Å². The molecule has 0 radical (unpaired) electrons. The van der Waals surface area contributed by atoms with Gasteiger partial charge in [0.1, 0.15) is 11.5 Å². The van der Waals surface area contributed by atoms with E-state index in [1.165, 1.54) is 87.0 Å². The second-order valence-electron chi connectivity index (χ2n) is 9.68. The summed E-state index contributed by atoms with van der Waals surface area (Å²) < 4.78 is 11.0. The molecule has 4 aromatic carbocycles. The fourth-order valence-corrected chi connectivity index (χ4v) is 5.37. The Morgan fingerprint density at radius 1 is 0.667 bits per heavy atom. The number of ether oxygens (including phenoxy) is 2. The van der Waals surface area contributed by atoms with Crippen molar-refractivity contribution < 1.29 is 49.7 Å². The van der Waals surface area contributed by atoms with Crippen molar-refractivity contribution >= 4 is 17.6 Å². The van der Waals surface area contributed by atoms with Crippen LogP contribution >= 0.6 is 0 Å². The molecule has 0 bridgehead atoms. The molecule has 0 fully saturated rings. The largest absolute Gasteiger partial charge is 0.508 e. The summed E-state index contributed by atoms with van der Waals surface area (Å²) >= 11 is 0. The standard InChI is InChI=1S/C32H26O10/c1-41-31-20(11-12-22(35)29(31)39)25-24-17(14-23(36)30(40)32(24)42-2)13-21(27(37)15-3-7-18(33)8-4-15)26(25)28(38)16-5-9-19(34)10-6-16/h3-14,25-26,33-36,39-40H,1-2H3/t25-,26+/m0/s1. The van der Waals surface area contributed by atoms with Gasteiger partial charge in [0.05, 0.1) is 20.1 Å². The number of methoxy groups -OCH3 is 2. The molecule has 4 aromatic rings. The fraction of sp³-hybridized carbons (Fsp3) is 0.125. The Labute approximate surface area is 239 Å². The van der Waals surface area contributed by atoms with Crippen LogP contribution in [0.15, 0.2) is 72.3 Å². The van der Waals surface area contributed by atoms with Crippen LogP contribution in [0.1, 0.15) is 43.3 Å². The third kappa shape index (κ3) is 4.58. The molecule has 214 valence electrons. The Balaban J connectivity index is 1.88. The van der Waals surface area contributed by atoms with Gasteiger partial charge in [0.15, 0.2) is 34.6 Å². The summed E-state index contributed by atoms with van der Waals surface area (Å²) in [6.45, 7) is 0. The molecule has 0 aromatic heterocycles. The van der Waals surface area contributed by atoms with Crippen LogP contribution in [0.3, 0.4) is 0 Å². The molecule has 0 heterocycles. The second-order valence-corrected chi connectivity index (χ2v) is 9.68. The fourth-order valence-electron chi connectivity index (χ4n) is 5.37. The summed E-state index contributed by atoms with van der Waals surface area (Å²) in [6, 6.07) is 14.7. The summed E-state index contributed by atoms with van der Waals surface area (Å²) in [5.41, 5.74) is 0.880. The maximum atomic E-state index is 14.4. The van der Waals surface area contributed by atoms with Crippen LogP contribution in [0, 0.1) is 5.92 Å². The average Bonchev–Trinajstić information content (AvgIpc) is 2.98. The first-order valence-corrected chi connectivity index (χ1v) is 12.7. The number of carbonyl (C=O) groups is 2. The predicted molar refractivity (Wildman–Crippen MR) is 151 cm³/mol. The van der Waals surface area contributed by atoms with Gasteiger partial charge in [-0.15, -0.1) is 0 Å². The van der Waals surface area contributed by atoms with Crippen molar-refractivity contribution in [3.63, 3.8) is 0 Å². The lowest BCUT2D eigenvalue weighted by Gasteiger charge is -2.35. The zero-order valence-electron chi connectivity index (χ0n) is 22.4. The summed E-state index contributed by atoms with van der Waals surface area (Å²) in [7, 11) is 2.51. The molecule has 5 rings (SSSR count). The van der Waals surface area contributed by atoms with Crippen LogP contribution in [0.25, 0.3) is 6.08 Å². The number of fused-ring (bicyclic) bond motifs is 1. The van der Waals surface area contributed by atoms with Crippen LogP contribution in [-0.2, 0) is 0 Å². The van der Waals surface area contributed by atoms with E-state index in [0.717, 1.165) is 0 Å². The lowest BCUT2D eigenvalue weighted by molar-refractivity contribution is 0.0895. The van der Waals surface area contributed by atoms with Gasteiger partial charge in [0, 0.05) is 33.7 Å². The molecule has 10 nitrogen and oxygen atoms in total. The minimum Gasteiger partial charge on any atom is -0.508 e. The first kappa shape index (κ1) is 27.9. The zero-order valence-corrected chi connectivity index (χ0v) is 22.4. The van der Waals surface area contributed by atoms with Crippen molar-refractivity contribution in [1.29, 1.82) is 0 Å². The molecule has 6 N–H and O–H groups in total. The first-order valence-electron chi connectivity index (χ1n) is 12.7.